The fraction of sp³-hybridized carbons (Fsp3) is 0.318. The molecular formula is C22H26O6. The van der Waals surface area contributed by atoms with Gasteiger partial charge in [-0.1, -0.05) is 18.2 Å². The second kappa shape index (κ2) is 10.9. The van der Waals surface area contributed by atoms with Crippen molar-refractivity contribution < 1.29 is 28.8 Å². The van der Waals surface area contributed by atoms with E-state index in [1.807, 2.05) is 18.2 Å². The van der Waals surface area contributed by atoms with Crippen molar-refractivity contribution in [2.45, 2.75) is 20.3 Å². The fourth-order valence-corrected chi connectivity index (χ4v) is 2.50. The third-order valence-corrected chi connectivity index (χ3v) is 3.85. The molecular weight excluding hydrogens is 360 g/mol. The number of aromatic hydroxyl groups is 1. The van der Waals surface area contributed by atoms with Crippen molar-refractivity contribution >= 4 is 12.0 Å². The van der Waals surface area contributed by atoms with Crippen molar-refractivity contribution in [3.8, 4) is 17.2 Å². The Morgan fingerprint density at radius 2 is 1.71 bits per heavy atom. The van der Waals surface area contributed by atoms with E-state index >= 15 is 0 Å². The number of rotatable bonds is 10. The quantitative estimate of drug-likeness (QED) is 0.378. The molecule has 150 valence electrons. The second-order valence-corrected chi connectivity index (χ2v) is 5.84. The lowest BCUT2D eigenvalue weighted by atomic mass is 10.1. The van der Waals surface area contributed by atoms with Crippen LogP contribution in [0.25, 0.3) is 6.08 Å². The van der Waals surface area contributed by atoms with E-state index in [0.29, 0.717) is 31.1 Å². The zero-order valence-electron chi connectivity index (χ0n) is 16.4. The van der Waals surface area contributed by atoms with Crippen LogP contribution in [0.2, 0.25) is 0 Å². The Morgan fingerprint density at radius 1 is 1.00 bits per heavy atom. The molecule has 0 unspecified atom stereocenters. The average Bonchev–Trinajstić information content (AvgIpc) is 2.70. The van der Waals surface area contributed by atoms with E-state index in [-0.39, 0.29) is 18.1 Å². The summed E-state index contributed by atoms with van der Waals surface area (Å²) in [5, 5.41) is 9.32. The van der Waals surface area contributed by atoms with Crippen molar-refractivity contribution in [2.75, 3.05) is 26.9 Å². The first-order chi connectivity index (χ1) is 13.6. The van der Waals surface area contributed by atoms with Gasteiger partial charge in [-0.15, -0.1) is 0 Å². The molecule has 0 aliphatic rings. The molecule has 6 nitrogen and oxygen atoms in total. The molecule has 0 aromatic heterocycles. The van der Waals surface area contributed by atoms with Crippen LogP contribution in [0.5, 0.6) is 17.2 Å². The Labute approximate surface area is 165 Å². The van der Waals surface area contributed by atoms with Crippen LogP contribution in [-0.2, 0) is 20.7 Å². The van der Waals surface area contributed by atoms with Crippen LogP contribution in [0.3, 0.4) is 0 Å². The summed E-state index contributed by atoms with van der Waals surface area (Å²) >= 11 is 0. The van der Waals surface area contributed by atoms with Crippen LogP contribution in [0, 0.1) is 0 Å². The van der Waals surface area contributed by atoms with Gasteiger partial charge in [0, 0.05) is 6.42 Å². The zero-order chi connectivity index (χ0) is 20.4. The lowest BCUT2D eigenvalue weighted by molar-refractivity contribution is -0.142. The molecule has 2 aromatic carbocycles. The number of ether oxygens (including phenoxy) is 4. The monoisotopic (exact) mass is 386 g/mol. The van der Waals surface area contributed by atoms with Gasteiger partial charge in [0.05, 0.1) is 26.9 Å². The maximum Gasteiger partial charge on any atom is 0.373 e. The maximum atomic E-state index is 12.0. The van der Waals surface area contributed by atoms with E-state index in [4.69, 9.17) is 18.9 Å². The van der Waals surface area contributed by atoms with Crippen molar-refractivity contribution in [1.82, 2.24) is 0 Å². The number of carbonyl (C=O) groups is 1. The van der Waals surface area contributed by atoms with Gasteiger partial charge in [0.25, 0.3) is 0 Å². The number of methoxy groups -OCH3 is 1. The molecule has 0 heterocycles. The van der Waals surface area contributed by atoms with Crippen LogP contribution >= 0.6 is 0 Å². The van der Waals surface area contributed by atoms with E-state index in [2.05, 4.69) is 0 Å². The highest BCUT2D eigenvalue weighted by molar-refractivity contribution is 5.91. The third-order valence-electron chi connectivity index (χ3n) is 3.85. The highest BCUT2D eigenvalue weighted by Gasteiger charge is 2.13. The molecule has 2 aromatic rings. The van der Waals surface area contributed by atoms with Gasteiger partial charge >= 0.3 is 5.97 Å². The Morgan fingerprint density at radius 3 is 2.36 bits per heavy atom. The fourth-order valence-electron chi connectivity index (χ4n) is 2.50. The summed E-state index contributed by atoms with van der Waals surface area (Å²) in [5.74, 6) is 1.04. The summed E-state index contributed by atoms with van der Waals surface area (Å²) in [5.41, 5.74) is 1.80. The van der Waals surface area contributed by atoms with E-state index in [1.165, 1.54) is 0 Å². The SMILES string of the molecule is CCOC(=O)/C(=C/c1ccc(OCCc2ccc(O)cc2)c(OC)c1)OCC. The number of carbonyl (C=O) groups excluding carboxylic acids is 1. The summed E-state index contributed by atoms with van der Waals surface area (Å²) in [4.78, 5) is 12.0. The Bertz CT molecular complexity index is 795. The minimum Gasteiger partial charge on any atom is -0.508 e. The van der Waals surface area contributed by atoms with E-state index in [9.17, 15) is 9.90 Å². The van der Waals surface area contributed by atoms with E-state index < -0.39 is 5.97 Å². The van der Waals surface area contributed by atoms with Crippen LogP contribution in [0.4, 0.5) is 0 Å². The van der Waals surface area contributed by atoms with Gasteiger partial charge in [-0.2, -0.15) is 0 Å². The number of benzene rings is 2. The van der Waals surface area contributed by atoms with Crippen molar-refractivity contribution in [1.29, 1.82) is 0 Å². The topological polar surface area (TPSA) is 74.2 Å². The minimum absolute atomic E-state index is 0.146. The summed E-state index contributed by atoms with van der Waals surface area (Å²) in [6.07, 6.45) is 2.31. The highest BCUT2D eigenvalue weighted by atomic mass is 16.6. The first-order valence-corrected chi connectivity index (χ1v) is 9.17. The molecule has 28 heavy (non-hydrogen) atoms. The molecule has 1 N–H and O–H groups in total. The van der Waals surface area contributed by atoms with Crippen molar-refractivity contribution in [3.63, 3.8) is 0 Å². The van der Waals surface area contributed by atoms with Gasteiger partial charge in [0.1, 0.15) is 5.75 Å². The molecule has 0 aliphatic heterocycles. The molecule has 0 atom stereocenters. The smallest absolute Gasteiger partial charge is 0.373 e. The summed E-state index contributed by atoms with van der Waals surface area (Å²) < 4.78 is 21.6. The largest absolute Gasteiger partial charge is 0.508 e. The lowest BCUT2D eigenvalue weighted by Crippen LogP contribution is -2.10. The van der Waals surface area contributed by atoms with Gasteiger partial charge in [-0.05, 0) is 55.3 Å². The van der Waals surface area contributed by atoms with Gasteiger partial charge in [-0.3, -0.25) is 0 Å². The standard InChI is InChI=1S/C22H26O6/c1-4-26-21(22(24)27-5-2)15-17-8-11-19(20(14-17)25-3)28-13-12-16-6-9-18(23)10-7-16/h6-11,14-15,23H,4-5,12-13H2,1-3H3/b21-15-. The molecule has 2 rings (SSSR count). The summed E-state index contributed by atoms with van der Waals surface area (Å²) in [7, 11) is 1.56. The number of phenolic OH excluding ortho intramolecular Hbond substituents is 1. The first kappa shape index (κ1) is 21.2. The van der Waals surface area contributed by atoms with Gasteiger partial charge in [0.15, 0.2) is 11.5 Å². The molecule has 0 amide bonds. The van der Waals surface area contributed by atoms with Crippen LogP contribution in [-0.4, -0.2) is 38.0 Å². The van der Waals surface area contributed by atoms with Crippen LogP contribution in [0.1, 0.15) is 25.0 Å². The van der Waals surface area contributed by atoms with Crippen molar-refractivity contribution in [2.24, 2.45) is 0 Å². The highest BCUT2D eigenvalue weighted by Crippen LogP contribution is 2.29. The normalized spacial score (nSPS) is 11.0. The van der Waals surface area contributed by atoms with Crippen LogP contribution < -0.4 is 9.47 Å². The lowest BCUT2D eigenvalue weighted by Gasteiger charge is -2.12. The Hall–Kier alpha value is -3.15. The predicted octanol–water partition coefficient (Wildman–Crippen LogP) is 3.96. The van der Waals surface area contributed by atoms with Gasteiger partial charge in [0.2, 0.25) is 5.76 Å². The molecule has 6 heteroatoms. The molecule has 0 radical (unpaired) electrons. The third kappa shape index (κ3) is 6.23. The molecule has 0 fully saturated rings. The van der Waals surface area contributed by atoms with Crippen molar-refractivity contribution in [3.05, 3.63) is 59.4 Å². The predicted molar refractivity (Wildman–Crippen MR) is 107 cm³/mol. The maximum absolute atomic E-state index is 12.0. The second-order valence-electron chi connectivity index (χ2n) is 5.84. The Kier molecular flexibility index (Phi) is 8.21. The number of hydrogen-bond acceptors (Lipinski definition) is 6. The number of esters is 1. The average molecular weight is 386 g/mol. The summed E-state index contributed by atoms with van der Waals surface area (Å²) in [6, 6.07) is 12.4. The molecule has 0 saturated heterocycles. The van der Waals surface area contributed by atoms with Gasteiger partial charge < -0.3 is 24.1 Å². The molecule has 0 bridgehead atoms. The molecule has 0 aliphatic carbocycles. The first-order valence-electron chi connectivity index (χ1n) is 9.17. The minimum atomic E-state index is -0.502. The van der Waals surface area contributed by atoms with Gasteiger partial charge in [-0.25, -0.2) is 4.79 Å². The van der Waals surface area contributed by atoms with Crippen LogP contribution in [0.15, 0.2) is 48.2 Å². The van der Waals surface area contributed by atoms with E-state index in [0.717, 1.165) is 11.1 Å². The number of hydrogen-bond donors (Lipinski definition) is 1. The summed E-state index contributed by atoms with van der Waals surface area (Å²) in [6.45, 7) is 4.65. The molecule has 0 saturated carbocycles. The molecule has 0 spiro atoms. The zero-order valence-corrected chi connectivity index (χ0v) is 16.4. The Balaban J connectivity index is 2.08. The van der Waals surface area contributed by atoms with E-state index in [1.54, 1.807) is 51.3 Å². The number of phenols is 1.